The molecule has 1 aromatic rings. The highest BCUT2D eigenvalue weighted by atomic mass is 16.6. The van der Waals surface area contributed by atoms with Crippen LogP contribution in [-0.4, -0.2) is 65.1 Å². The number of esters is 2. The van der Waals surface area contributed by atoms with Crippen LogP contribution in [0.2, 0.25) is 0 Å². The third-order valence-corrected chi connectivity index (χ3v) is 6.75. The van der Waals surface area contributed by atoms with E-state index in [2.05, 4.69) is 0 Å². The van der Waals surface area contributed by atoms with E-state index < -0.39 is 58.9 Å². The molecule has 5 atom stereocenters. The highest BCUT2D eigenvalue weighted by Gasteiger charge is 2.87. The minimum absolute atomic E-state index is 0.0482. The first-order chi connectivity index (χ1) is 15.3. The molecule has 5 rings (SSSR count). The number of imide groups is 1. The van der Waals surface area contributed by atoms with E-state index in [0.29, 0.717) is 5.69 Å². The molecule has 10 heteroatoms. The molecule has 3 amide bonds. The Morgan fingerprint density at radius 3 is 2.34 bits per heavy atom. The lowest BCUT2D eigenvalue weighted by Gasteiger charge is -2.37. The van der Waals surface area contributed by atoms with E-state index in [-0.39, 0.29) is 26.1 Å². The zero-order valence-corrected chi connectivity index (χ0v) is 17.6. The van der Waals surface area contributed by atoms with Crippen LogP contribution in [0.1, 0.15) is 26.7 Å². The SMILES string of the molecule is CCOC(=O)C1CCC23OC(C(=O)OCC)(C(=O)N12)C1C(=O)N(c2ccccc2)C(=O)C13. The molecule has 4 heterocycles. The molecule has 0 N–H and O–H groups in total. The number of fused-ring (bicyclic) bond motifs is 3. The Balaban J connectivity index is 1.65. The quantitative estimate of drug-likeness (QED) is 0.365. The lowest BCUT2D eigenvalue weighted by atomic mass is 9.74. The van der Waals surface area contributed by atoms with Crippen molar-refractivity contribution in [2.45, 2.75) is 44.1 Å². The number of ether oxygens (including phenoxy) is 3. The zero-order chi connectivity index (χ0) is 22.8. The summed E-state index contributed by atoms with van der Waals surface area (Å²) in [4.78, 5) is 68.6. The fraction of sp³-hybridized carbons (Fsp3) is 0.500. The van der Waals surface area contributed by atoms with Gasteiger partial charge in [-0.3, -0.25) is 19.3 Å². The first-order valence-electron chi connectivity index (χ1n) is 10.7. The fourth-order valence-electron chi connectivity index (χ4n) is 5.66. The average molecular weight is 442 g/mol. The number of nitrogens with zero attached hydrogens (tertiary/aromatic N) is 2. The number of amides is 3. The largest absolute Gasteiger partial charge is 0.464 e. The van der Waals surface area contributed by atoms with Gasteiger partial charge >= 0.3 is 11.9 Å². The molecule has 32 heavy (non-hydrogen) atoms. The number of rotatable bonds is 5. The number of benzene rings is 1. The standard InChI is InChI=1S/C22H22N2O8/c1-3-30-18(27)13-10-11-21-14-15(17(26)23(16(14)25)12-8-6-5-7-9-12)22(32-21,19(28)24(13)21)20(29)31-4-2/h5-9,13-15H,3-4,10-11H2,1-2H3. The third-order valence-electron chi connectivity index (χ3n) is 6.75. The molecule has 0 aliphatic carbocycles. The highest BCUT2D eigenvalue weighted by Crippen LogP contribution is 2.64. The van der Waals surface area contributed by atoms with E-state index >= 15 is 0 Å². The maximum absolute atomic E-state index is 13.6. The van der Waals surface area contributed by atoms with Crippen molar-refractivity contribution in [1.29, 1.82) is 0 Å². The van der Waals surface area contributed by atoms with Gasteiger partial charge < -0.3 is 14.2 Å². The Bertz CT molecular complexity index is 1040. The van der Waals surface area contributed by atoms with Gasteiger partial charge in [-0.25, -0.2) is 14.5 Å². The van der Waals surface area contributed by atoms with Gasteiger partial charge in [-0.1, -0.05) is 18.2 Å². The predicted octanol–water partition coefficient (Wildman–Crippen LogP) is 0.388. The van der Waals surface area contributed by atoms with Crippen molar-refractivity contribution in [3.63, 3.8) is 0 Å². The lowest BCUT2D eigenvalue weighted by molar-refractivity contribution is -0.176. The Hall–Kier alpha value is -3.27. The monoisotopic (exact) mass is 442 g/mol. The van der Waals surface area contributed by atoms with Gasteiger partial charge in [-0.05, 0) is 38.8 Å². The lowest BCUT2D eigenvalue weighted by Crippen LogP contribution is -2.63. The summed E-state index contributed by atoms with van der Waals surface area (Å²) in [5.74, 6) is -6.24. The molecule has 0 saturated carbocycles. The second kappa shape index (κ2) is 6.86. The number of anilines is 1. The van der Waals surface area contributed by atoms with Crippen LogP contribution in [-0.2, 0) is 38.2 Å². The van der Waals surface area contributed by atoms with Gasteiger partial charge in [0, 0.05) is 0 Å². The smallest absolute Gasteiger partial charge is 0.349 e. The third kappa shape index (κ3) is 2.25. The number of hydrogen-bond acceptors (Lipinski definition) is 8. The van der Waals surface area contributed by atoms with Crippen LogP contribution < -0.4 is 4.90 Å². The molecule has 4 saturated heterocycles. The minimum Gasteiger partial charge on any atom is -0.464 e. The van der Waals surface area contributed by atoms with Gasteiger partial charge in [-0.15, -0.1) is 0 Å². The summed E-state index contributed by atoms with van der Waals surface area (Å²) in [6, 6.07) is 7.30. The van der Waals surface area contributed by atoms with E-state index in [1.807, 2.05) is 0 Å². The molecule has 4 fully saturated rings. The van der Waals surface area contributed by atoms with Gasteiger partial charge in [0.05, 0.1) is 18.9 Å². The van der Waals surface area contributed by atoms with Crippen LogP contribution in [0.3, 0.4) is 0 Å². The second-order valence-electron chi connectivity index (χ2n) is 8.19. The van der Waals surface area contributed by atoms with E-state index in [1.165, 1.54) is 0 Å². The number of piperidine rings is 1. The Labute approximate surface area is 183 Å². The van der Waals surface area contributed by atoms with Gasteiger partial charge in [0.15, 0.2) is 5.72 Å². The summed E-state index contributed by atoms with van der Waals surface area (Å²) < 4.78 is 16.3. The van der Waals surface area contributed by atoms with E-state index in [0.717, 1.165) is 9.80 Å². The molecule has 5 unspecified atom stereocenters. The summed E-state index contributed by atoms with van der Waals surface area (Å²) in [6.07, 6.45) is 0.311. The fourth-order valence-corrected chi connectivity index (χ4v) is 5.66. The minimum atomic E-state index is -2.30. The van der Waals surface area contributed by atoms with Crippen LogP contribution >= 0.6 is 0 Å². The summed E-state index contributed by atoms with van der Waals surface area (Å²) in [5.41, 5.74) is -3.55. The molecule has 4 aliphatic heterocycles. The van der Waals surface area contributed by atoms with Crippen molar-refractivity contribution in [1.82, 2.24) is 4.90 Å². The molecule has 1 spiro atoms. The van der Waals surface area contributed by atoms with Gasteiger partial charge in [-0.2, -0.15) is 0 Å². The maximum atomic E-state index is 13.6. The molecule has 0 aromatic heterocycles. The topological polar surface area (TPSA) is 120 Å². The Morgan fingerprint density at radius 2 is 1.69 bits per heavy atom. The van der Waals surface area contributed by atoms with Crippen molar-refractivity contribution in [2.75, 3.05) is 18.1 Å². The van der Waals surface area contributed by atoms with Crippen LogP contribution in [0.25, 0.3) is 0 Å². The molecular weight excluding hydrogens is 420 g/mol. The zero-order valence-electron chi connectivity index (χ0n) is 17.6. The van der Waals surface area contributed by atoms with E-state index in [1.54, 1.807) is 44.2 Å². The normalized spacial score (nSPS) is 34.7. The molecule has 10 nitrogen and oxygen atoms in total. The number of carbonyl (C=O) groups excluding carboxylic acids is 5. The van der Waals surface area contributed by atoms with Crippen molar-refractivity contribution in [3.8, 4) is 0 Å². The highest BCUT2D eigenvalue weighted by molar-refractivity contribution is 6.28. The van der Waals surface area contributed by atoms with Crippen molar-refractivity contribution >= 4 is 35.3 Å². The Kier molecular flexibility index (Phi) is 4.42. The van der Waals surface area contributed by atoms with Crippen molar-refractivity contribution in [2.24, 2.45) is 11.8 Å². The van der Waals surface area contributed by atoms with Crippen molar-refractivity contribution in [3.05, 3.63) is 30.3 Å². The van der Waals surface area contributed by atoms with Crippen LogP contribution in [0, 0.1) is 11.8 Å². The summed E-state index contributed by atoms with van der Waals surface area (Å²) in [7, 11) is 0. The number of hydrogen-bond donors (Lipinski definition) is 0. The van der Waals surface area contributed by atoms with Crippen LogP contribution in [0.15, 0.2) is 30.3 Å². The summed E-state index contributed by atoms with van der Waals surface area (Å²) in [6.45, 7) is 3.27. The van der Waals surface area contributed by atoms with E-state index in [9.17, 15) is 24.0 Å². The van der Waals surface area contributed by atoms with Gasteiger partial charge in [0.25, 0.3) is 11.5 Å². The second-order valence-corrected chi connectivity index (χ2v) is 8.19. The van der Waals surface area contributed by atoms with Gasteiger partial charge in [0.2, 0.25) is 11.8 Å². The molecule has 0 radical (unpaired) electrons. The molecule has 2 bridgehead atoms. The number of para-hydroxylation sites is 1. The average Bonchev–Trinajstić information content (AvgIpc) is 3.45. The van der Waals surface area contributed by atoms with Gasteiger partial charge in [0.1, 0.15) is 17.9 Å². The van der Waals surface area contributed by atoms with E-state index in [4.69, 9.17) is 14.2 Å². The molecule has 4 aliphatic rings. The first-order valence-corrected chi connectivity index (χ1v) is 10.7. The molecular formula is C22H22N2O8. The summed E-state index contributed by atoms with van der Waals surface area (Å²) >= 11 is 0. The van der Waals surface area contributed by atoms with Crippen LogP contribution in [0.5, 0.6) is 0 Å². The van der Waals surface area contributed by atoms with Crippen LogP contribution in [0.4, 0.5) is 5.69 Å². The maximum Gasteiger partial charge on any atom is 0.349 e. The predicted molar refractivity (Wildman–Crippen MR) is 106 cm³/mol. The molecule has 1 aromatic carbocycles. The van der Waals surface area contributed by atoms with Crippen molar-refractivity contribution < 1.29 is 38.2 Å². The summed E-state index contributed by atoms with van der Waals surface area (Å²) in [5, 5.41) is 0. The number of carbonyl (C=O) groups is 5. The first kappa shape index (κ1) is 20.6. The molecule has 168 valence electrons. The Morgan fingerprint density at radius 1 is 1.03 bits per heavy atom.